The maximum Gasteiger partial charge on any atom is 0.416 e. The molecule has 0 atom stereocenters. The van der Waals surface area contributed by atoms with Gasteiger partial charge in [-0.15, -0.1) is 0 Å². The Morgan fingerprint density at radius 3 is 2.59 bits per heavy atom. The number of fused-ring (bicyclic) bond motifs is 1. The van der Waals surface area contributed by atoms with Crippen LogP contribution in [-0.2, 0) is 11.0 Å². The van der Waals surface area contributed by atoms with E-state index in [2.05, 4.69) is 5.32 Å². The highest BCUT2D eigenvalue weighted by atomic mass is 35.5. The van der Waals surface area contributed by atoms with E-state index >= 15 is 0 Å². The van der Waals surface area contributed by atoms with Crippen molar-refractivity contribution in [3.63, 3.8) is 0 Å². The number of benzene rings is 2. The fourth-order valence-electron chi connectivity index (χ4n) is 2.32. The number of carbonyl (C=O) groups is 1. The summed E-state index contributed by atoms with van der Waals surface area (Å²) in [5.41, 5.74) is -1.01. The number of nitriles is 1. The number of hydrogen-bond donors (Lipinski definition) is 1. The van der Waals surface area contributed by atoms with Crippen molar-refractivity contribution >= 4 is 29.3 Å². The molecule has 1 aliphatic heterocycles. The number of alkyl halides is 3. The van der Waals surface area contributed by atoms with Crippen molar-refractivity contribution in [1.29, 1.82) is 5.26 Å². The lowest BCUT2D eigenvalue weighted by Crippen LogP contribution is -2.14. The minimum absolute atomic E-state index is 0.0277. The third-order valence-corrected chi connectivity index (χ3v) is 3.93. The van der Waals surface area contributed by atoms with Crippen LogP contribution in [-0.4, -0.2) is 12.7 Å². The van der Waals surface area contributed by atoms with Gasteiger partial charge in [0.25, 0.3) is 5.91 Å². The Morgan fingerprint density at radius 1 is 1.22 bits per heavy atom. The molecule has 0 spiro atoms. The standard InChI is InChI=1S/C18H10ClF3N2O3/c19-14-7-16-15(26-9-27-16)5-10(14)4-11(8-23)17(25)24-13-3-1-2-12(6-13)18(20,21)22/h1-7H,9H2,(H,24,25)/b11-4-. The van der Waals surface area contributed by atoms with Gasteiger partial charge in [-0.05, 0) is 35.9 Å². The Hall–Kier alpha value is -3.18. The van der Waals surface area contributed by atoms with Crippen LogP contribution in [0.15, 0.2) is 42.0 Å². The van der Waals surface area contributed by atoms with E-state index in [1.165, 1.54) is 24.3 Å². The second kappa shape index (κ2) is 7.21. The van der Waals surface area contributed by atoms with Crippen molar-refractivity contribution in [3.8, 4) is 17.6 Å². The zero-order valence-corrected chi connectivity index (χ0v) is 14.2. The maximum atomic E-state index is 12.8. The molecule has 0 unspecified atom stereocenters. The molecule has 2 aromatic rings. The summed E-state index contributed by atoms with van der Waals surface area (Å²) in [5.74, 6) is -0.0316. The van der Waals surface area contributed by atoms with Gasteiger partial charge in [0.15, 0.2) is 11.5 Å². The molecule has 0 saturated carbocycles. The Balaban J connectivity index is 1.85. The van der Waals surface area contributed by atoms with Gasteiger partial charge in [0.05, 0.1) is 10.6 Å². The van der Waals surface area contributed by atoms with Crippen LogP contribution in [0.25, 0.3) is 6.08 Å². The Bertz CT molecular complexity index is 981. The number of nitrogens with one attached hydrogen (secondary N) is 1. The van der Waals surface area contributed by atoms with Crippen LogP contribution in [0.5, 0.6) is 11.5 Å². The fraction of sp³-hybridized carbons (Fsp3) is 0.111. The first kappa shape index (κ1) is 18.6. The molecular formula is C18H10ClF3N2O3. The minimum atomic E-state index is -4.55. The zero-order valence-electron chi connectivity index (χ0n) is 13.4. The largest absolute Gasteiger partial charge is 0.454 e. The first-order valence-corrected chi connectivity index (χ1v) is 7.85. The molecule has 0 aliphatic carbocycles. The molecule has 0 aromatic heterocycles. The summed E-state index contributed by atoms with van der Waals surface area (Å²) in [5, 5.41) is 11.7. The van der Waals surface area contributed by atoms with Crippen molar-refractivity contribution in [2.24, 2.45) is 0 Å². The maximum absolute atomic E-state index is 12.8. The summed E-state index contributed by atoms with van der Waals surface area (Å²) >= 11 is 6.10. The number of halogens is 4. The van der Waals surface area contributed by atoms with Gasteiger partial charge in [-0.3, -0.25) is 4.79 Å². The smallest absolute Gasteiger partial charge is 0.416 e. The van der Waals surface area contributed by atoms with Gasteiger partial charge in [-0.2, -0.15) is 18.4 Å². The molecule has 0 bridgehead atoms. The first-order valence-electron chi connectivity index (χ1n) is 7.47. The summed E-state index contributed by atoms with van der Waals surface area (Å²) in [7, 11) is 0. The molecule has 1 aliphatic rings. The minimum Gasteiger partial charge on any atom is -0.454 e. The zero-order chi connectivity index (χ0) is 19.6. The van der Waals surface area contributed by atoms with Crippen LogP contribution in [0.4, 0.5) is 18.9 Å². The number of carbonyl (C=O) groups excluding carboxylic acids is 1. The highest BCUT2D eigenvalue weighted by Crippen LogP contribution is 2.37. The van der Waals surface area contributed by atoms with Gasteiger partial charge < -0.3 is 14.8 Å². The number of ether oxygens (including phenoxy) is 2. The average Bonchev–Trinajstić information content (AvgIpc) is 3.06. The Labute approximate surface area is 156 Å². The van der Waals surface area contributed by atoms with Crippen molar-refractivity contribution in [1.82, 2.24) is 0 Å². The number of anilines is 1. The van der Waals surface area contributed by atoms with Crippen LogP contribution in [0.1, 0.15) is 11.1 Å². The molecule has 9 heteroatoms. The van der Waals surface area contributed by atoms with E-state index in [0.717, 1.165) is 18.2 Å². The molecule has 0 saturated heterocycles. The van der Waals surface area contributed by atoms with E-state index in [1.807, 2.05) is 0 Å². The normalized spacial score (nSPS) is 13.2. The quantitative estimate of drug-likeness (QED) is 0.608. The molecule has 3 rings (SSSR count). The summed E-state index contributed by atoms with van der Waals surface area (Å²) in [6, 6.07) is 8.79. The summed E-state index contributed by atoms with van der Waals surface area (Å²) in [6.45, 7) is 0.0277. The molecule has 1 heterocycles. The Morgan fingerprint density at radius 2 is 1.93 bits per heavy atom. The van der Waals surface area contributed by atoms with Gasteiger partial charge in [0.2, 0.25) is 6.79 Å². The molecule has 1 amide bonds. The highest BCUT2D eigenvalue weighted by Gasteiger charge is 2.30. The first-order chi connectivity index (χ1) is 12.8. The third kappa shape index (κ3) is 4.15. The number of amides is 1. The van der Waals surface area contributed by atoms with Crippen molar-refractivity contribution in [2.75, 3.05) is 12.1 Å². The monoisotopic (exact) mass is 394 g/mol. The van der Waals surface area contributed by atoms with Gasteiger partial charge in [0.1, 0.15) is 11.6 Å². The molecule has 1 N–H and O–H groups in total. The molecule has 27 heavy (non-hydrogen) atoms. The van der Waals surface area contributed by atoms with Crippen LogP contribution < -0.4 is 14.8 Å². The van der Waals surface area contributed by atoms with Crippen molar-refractivity contribution in [2.45, 2.75) is 6.18 Å². The SMILES string of the molecule is N#C/C(=C/c1cc2c(cc1Cl)OCO2)C(=O)Nc1cccc(C(F)(F)F)c1. The second-order valence-corrected chi connectivity index (χ2v) is 5.84. The lowest BCUT2D eigenvalue weighted by Gasteiger charge is -2.09. The number of nitrogens with zero attached hydrogens (tertiary/aromatic N) is 1. The average molecular weight is 395 g/mol. The van der Waals surface area contributed by atoms with E-state index in [-0.39, 0.29) is 23.1 Å². The van der Waals surface area contributed by atoms with Crippen molar-refractivity contribution < 1.29 is 27.4 Å². The Kier molecular flexibility index (Phi) is 4.97. The molecule has 2 aromatic carbocycles. The lowest BCUT2D eigenvalue weighted by molar-refractivity contribution is -0.137. The second-order valence-electron chi connectivity index (χ2n) is 5.43. The molecule has 0 fully saturated rings. The molecular weight excluding hydrogens is 385 g/mol. The number of rotatable bonds is 3. The summed E-state index contributed by atoms with van der Waals surface area (Å²) in [6.07, 6.45) is -3.33. The predicted octanol–water partition coefficient (Wildman–Crippen LogP) is 4.63. The van der Waals surface area contributed by atoms with Crippen LogP contribution in [0, 0.1) is 11.3 Å². The van der Waals surface area contributed by atoms with E-state index < -0.39 is 17.6 Å². The van der Waals surface area contributed by atoms with Crippen molar-refractivity contribution in [3.05, 3.63) is 58.1 Å². The molecule has 0 radical (unpaired) electrons. The van der Waals surface area contributed by atoms with Gasteiger partial charge >= 0.3 is 6.18 Å². The van der Waals surface area contributed by atoms with Gasteiger partial charge in [-0.1, -0.05) is 17.7 Å². The summed E-state index contributed by atoms with van der Waals surface area (Å²) in [4.78, 5) is 12.3. The third-order valence-electron chi connectivity index (χ3n) is 3.60. The van der Waals surface area contributed by atoms with E-state index in [1.54, 1.807) is 6.07 Å². The van der Waals surface area contributed by atoms with E-state index in [9.17, 15) is 23.2 Å². The van der Waals surface area contributed by atoms with E-state index in [0.29, 0.717) is 17.1 Å². The highest BCUT2D eigenvalue weighted by molar-refractivity contribution is 6.32. The van der Waals surface area contributed by atoms with Crippen LogP contribution in [0.2, 0.25) is 5.02 Å². The van der Waals surface area contributed by atoms with E-state index in [4.69, 9.17) is 21.1 Å². The molecule has 5 nitrogen and oxygen atoms in total. The van der Waals surface area contributed by atoms with Gasteiger partial charge in [0, 0.05) is 11.8 Å². The lowest BCUT2D eigenvalue weighted by atomic mass is 10.1. The fourth-order valence-corrected chi connectivity index (χ4v) is 2.53. The predicted molar refractivity (Wildman–Crippen MR) is 91.2 cm³/mol. The van der Waals surface area contributed by atoms with Gasteiger partial charge in [-0.25, -0.2) is 0 Å². The topological polar surface area (TPSA) is 71.3 Å². The van der Waals surface area contributed by atoms with Crippen LogP contribution in [0.3, 0.4) is 0 Å². The molecule has 138 valence electrons. The summed E-state index contributed by atoms with van der Waals surface area (Å²) < 4.78 is 48.7. The number of hydrogen-bond acceptors (Lipinski definition) is 4. The van der Waals surface area contributed by atoms with Crippen LogP contribution >= 0.6 is 11.6 Å².